The lowest BCUT2D eigenvalue weighted by Gasteiger charge is -2.10. The highest BCUT2D eigenvalue weighted by Crippen LogP contribution is 2.27. The standard InChI is InChI=1S/C19H17N7O2S/c1-10(2)7-11-8-14(21-20-11)16-22-23-19-26(16)24-15(29-19)9-25-17(27)12-5-3-4-6-13(12)18(25)28/h3-6,8,10H,7,9H2,1-2H3,(H,20,21). The second-order valence-corrected chi connectivity index (χ2v) is 8.37. The fraction of sp³-hybridized carbons (Fsp3) is 0.263. The summed E-state index contributed by atoms with van der Waals surface area (Å²) < 4.78 is 1.60. The largest absolute Gasteiger partial charge is 0.282 e. The molecule has 0 saturated heterocycles. The van der Waals surface area contributed by atoms with Gasteiger partial charge >= 0.3 is 0 Å². The smallest absolute Gasteiger partial charge is 0.261 e. The zero-order valence-electron chi connectivity index (χ0n) is 15.8. The van der Waals surface area contributed by atoms with Gasteiger partial charge < -0.3 is 0 Å². The quantitative estimate of drug-likeness (QED) is 0.509. The molecule has 1 aromatic carbocycles. The van der Waals surface area contributed by atoms with Crippen molar-refractivity contribution in [2.45, 2.75) is 26.8 Å². The molecule has 4 heterocycles. The van der Waals surface area contributed by atoms with Crippen LogP contribution in [0.5, 0.6) is 0 Å². The molecule has 9 nitrogen and oxygen atoms in total. The molecule has 146 valence electrons. The first-order valence-corrected chi connectivity index (χ1v) is 10.0. The molecule has 0 unspecified atom stereocenters. The van der Waals surface area contributed by atoms with E-state index in [-0.39, 0.29) is 18.4 Å². The van der Waals surface area contributed by atoms with E-state index in [0.717, 1.165) is 12.1 Å². The average molecular weight is 407 g/mol. The van der Waals surface area contributed by atoms with E-state index in [9.17, 15) is 9.59 Å². The van der Waals surface area contributed by atoms with Crippen molar-refractivity contribution in [1.29, 1.82) is 0 Å². The molecule has 0 atom stereocenters. The number of rotatable bonds is 5. The van der Waals surface area contributed by atoms with Gasteiger partial charge in [0.1, 0.15) is 10.7 Å². The molecule has 0 bridgehead atoms. The lowest BCUT2D eigenvalue weighted by atomic mass is 10.1. The van der Waals surface area contributed by atoms with Gasteiger partial charge in [-0.25, -0.2) is 0 Å². The number of imide groups is 1. The number of amides is 2. The van der Waals surface area contributed by atoms with E-state index in [4.69, 9.17) is 0 Å². The molecule has 2 amide bonds. The number of aromatic nitrogens is 6. The van der Waals surface area contributed by atoms with Gasteiger partial charge in [-0.2, -0.15) is 14.7 Å². The predicted molar refractivity (Wildman–Crippen MR) is 105 cm³/mol. The fourth-order valence-corrected chi connectivity index (χ4v) is 4.24. The minimum atomic E-state index is -0.303. The van der Waals surface area contributed by atoms with Crippen molar-refractivity contribution < 1.29 is 9.59 Å². The monoisotopic (exact) mass is 407 g/mol. The summed E-state index contributed by atoms with van der Waals surface area (Å²) >= 11 is 1.29. The predicted octanol–water partition coefficient (Wildman–Crippen LogP) is 2.57. The number of H-pyrrole nitrogens is 1. The lowest BCUT2D eigenvalue weighted by molar-refractivity contribution is 0.0642. The first kappa shape index (κ1) is 17.7. The number of aromatic amines is 1. The van der Waals surface area contributed by atoms with Crippen molar-refractivity contribution in [3.8, 4) is 11.5 Å². The zero-order valence-corrected chi connectivity index (χ0v) is 16.6. The summed E-state index contributed by atoms with van der Waals surface area (Å²) in [5.74, 6) is 0.424. The molecule has 0 saturated carbocycles. The number of hydrogen-bond donors (Lipinski definition) is 1. The fourth-order valence-electron chi connectivity index (χ4n) is 3.42. The summed E-state index contributed by atoms with van der Waals surface area (Å²) in [5, 5.41) is 20.8. The Bertz CT molecular complexity index is 1220. The van der Waals surface area contributed by atoms with E-state index in [1.807, 2.05) is 6.07 Å². The van der Waals surface area contributed by atoms with Crippen molar-refractivity contribution in [1.82, 2.24) is 34.9 Å². The van der Waals surface area contributed by atoms with Crippen molar-refractivity contribution in [3.63, 3.8) is 0 Å². The van der Waals surface area contributed by atoms with Crippen molar-refractivity contribution in [2.24, 2.45) is 5.92 Å². The second-order valence-electron chi connectivity index (χ2n) is 7.33. The van der Waals surface area contributed by atoms with Crippen LogP contribution in [0.25, 0.3) is 16.5 Å². The van der Waals surface area contributed by atoms with Crippen LogP contribution in [0, 0.1) is 5.92 Å². The molecule has 10 heteroatoms. The molecule has 0 radical (unpaired) electrons. The van der Waals surface area contributed by atoms with Gasteiger partial charge in [-0.3, -0.25) is 19.6 Å². The summed E-state index contributed by atoms with van der Waals surface area (Å²) in [4.78, 5) is 27.0. The van der Waals surface area contributed by atoms with Crippen LogP contribution >= 0.6 is 11.3 Å². The molecule has 0 spiro atoms. The van der Waals surface area contributed by atoms with Gasteiger partial charge in [0, 0.05) is 5.69 Å². The third-order valence-electron chi connectivity index (χ3n) is 4.69. The van der Waals surface area contributed by atoms with Crippen LogP contribution in [0.3, 0.4) is 0 Å². The normalized spacial score (nSPS) is 13.8. The molecule has 1 N–H and O–H groups in total. The van der Waals surface area contributed by atoms with Gasteiger partial charge in [0.25, 0.3) is 11.8 Å². The van der Waals surface area contributed by atoms with Crippen LogP contribution in [0.4, 0.5) is 0 Å². The van der Waals surface area contributed by atoms with Gasteiger partial charge in [-0.1, -0.05) is 37.3 Å². The molecule has 0 fully saturated rings. The molecule has 3 aromatic heterocycles. The van der Waals surface area contributed by atoms with E-state index in [0.29, 0.717) is 38.5 Å². The Kier molecular flexibility index (Phi) is 4.02. The van der Waals surface area contributed by atoms with Crippen LogP contribution < -0.4 is 0 Å². The number of carbonyl (C=O) groups excluding carboxylic acids is 2. The molecular weight excluding hydrogens is 390 g/mol. The van der Waals surface area contributed by atoms with Crippen LogP contribution in [0.1, 0.15) is 45.3 Å². The Hall–Kier alpha value is -3.40. The summed E-state index contributed by atoms with van der Waals surface area (Å²) in [7, 11) is 0. The number of nitrogens with zero attached hydrogens (tertiary/aromatic N) is 6. The van der Waals surface area contributed by atoms with Crippen LogP contribution in [0.15, 0.2) is 30.3 Å². The van der Waals surface area contributed by atoms with E-state index >= 15 is 0 Å². The Morgan fingerprint density at radius 2 is 1.83 bits per heavy atom. The minimum Gasteiger partial charge on any atom is -0.282 e. The topological polar surface area (TPSA) is 109 Å². The maximum Gasteiger partial charge on any atom is 0.261 e. The number of fused-ring (bicyclic) bond motifs is 2. The van der Waals surface area contributed by atoms with E-state index in [1.54, 1.807) is 28.8 Å². The Morgan fingerprint density at radius 3 is 2.52 bits per heavy atom. The van der Waals surface area contributed by atoms with E-state index in [2.05, 4.69) is 39.3 Å². The van der Waals surface area contributed by atoms with Crippen LogP contribution in [-0.4, -0.2) is 46.7 Å². The highest BCUT2D eigenvalue weighted by molar-refractivity contribution is 7.16. The molecule has 1 aliphatic heterocycles. The van der Waals surface area contributed by atoms with Gasteiger partial charge in [0.15, 0.2) is 0 Å². The van der Waals surface area contributed by atoms with E-state index in [1.165, 1.54) is 16.2 Å². The Labute approximate surface area is 169 Å². The van der Waals surface area contributed by atoms with Crippen LogP contribution in [0.2, 0.25) is 0 Å². The SMILES string of the molecule is CC(C)Cc1cc(-c2nnc3sc(CN4C(=O)c5ccccc5C4=O)nn23)n[nH]1. The minimum absolute atomic E-state index is 0.0962. The molecule has 5 rings (SSSR count). The molecule has 4 aromatic rings. The lowest BCUT2D eigenvalue weighted by Crippen LogP contribution is -2.29. The second kappa shape index (κ2) is 6.59. The van der Waals surface area contributed by atoms with Gasteiger partial charge in [0.2, 0.25) is 10.8 Å². The maximum absolute atomic E-state index is 12.6. The maximum atomic E-state index is 12.6. The number of benzene rings is 1. The van der Waals surface area contributed by atoms with E-state index < -0.39 is 0 Å². The average Bonchev–Trinajstić information content (AvgIpc) is 3.43. The number of hydrogen-bond acceptors (Lipinski definition) is 7. The molecule has 0 aliphatic carbocycles. The van der Waals surface area contributed by atoms with Crippen LogP contribution in [-0.2, 0) is 13.0 Å². The molecule has 29 heavy (non-hydrogen) atoms. The van der Waals surface area contributed by atoms with Gasteiger partial charge in [-0.15, -0.1) is 10.2 Å². The van der Waals surface area contributed by atoms with Gasteiger partial charge in [-0.05, 0) is 30.5 Å². The van der Waals surface area contributed by atoms with Gasteiger partial charge in [0.05, 0.1) is 17.7 Å². The zero-order chi connectivity index (χ0) is 20.1. The summed E-state index contributed by atoms with van der Waals surface area (Å²) in [6, 6.07) is 8.78. The summed E-state index contributed by atoms with van der Waals surface area (Å²) in [6.07, 6.45) is 0.886. The first-order valence-electron chi connectivity index (χ1n) is 9.22. The highest BCUT2D eigenvalue weighted by atomic mass is 32.1. The van der Waals surface area contributed by atoms with Crippen molar-refractivity contribution in [3.05, 3.63) is 52.2 Å². The third-order valence-corrected chi connectivity index (χ3v) is 5.58. The molecule has 1 aliphatic rings. The van der Waals surface area contributed by atoms with Crippen molar-refractivity contribution >= 4 is 28.1 Å². The first-order chi connectivity index (χ1) is 14.0. The summed E-state index contributed by atoms with van der Waals surface area (Å²) in [5.41, 5.74) is 2.53. The Balaban J connectivity index is 1.43. The Morgan fingerprint density at radius 1 is 1.10 bits per heavy atom. The van der Waals surface area contributed by atoms with Crippen molar-refractivity contribution in [2.75, 3.05) is 0 Å². The molecular formula is C19H17N7O2S. The number of carbonyl (C=O) groups is 2. The highest BCUT2D eigenvalue weighted by Gasteiger charge is 2.35. The number of nitrogens with one attached hydrogen (secondary N) is 1. The summed E-state index contributed by atoms with van der Waals surface area (Å²) in [6.45, 7) is 4.38. The third kappa shape index (κ3) is 2.92.